The first kappa shape index (κ1) is 15.3. The molecule has 0 spiro atoms. The van der Waals surface area contributed by atoms with Crippen LogP contribution in [0.1, 0.15) is 32.3 Å². The molecule has 2 heterocycles. The second-order valence-corrected chi connectivity index (χ2v) is 6.21. The number of urea groups is 1. The number of hydrogen-bond acceptors (Lipinski definition) is 3. The zero-order chi connectivity index (χ0) is 15.6. The summed E-state index contributed by atoms with van der Waals surface area (Å²) in [5.41, 5.74) is 0.462. The summed E-state index contributed by atoms with van der Waals surface area (Å²) in [5.74, 6) is -0.948. The number of carbonyl (C=O) groups is 2. The van der Waals surface area contributed by atoms with Crippen molar-refractivity contribution in [1.82, 2.24) is 20.0 Å². The largest absolute Gasteiger partial charge is 0.480 e. The van der Waals surface area contributed by atoms with Crippen molar-refractivity contribution in [3.63, 3.8) is 0 Å². The summed E-state index contributed by atoms with van der Waals surface area (Å²) in [7, 11) is 1.80. The summed E-state index contributed by atoms with van der Waals surface area (Å²) in [4.78, 5) is 25.3. The summed E-state index contributed by atoms with van der Waals surface area (Å²) >= 11 is 0. The Bertz CT molecular complexity index is 538. The molecule has 1 fully saturated rings. The molecule has 0 aromatic carbocycles. The lowest BCUT2D eigenvalue weighted by Gasteiger charge is -2.43. The topological polar surface area (TPSA) is 87.5 Å². The average molecular weight is 294 g/mol. The minimum Gasteiger partial charge on any atom is -0.480 e. The third-order valence-electron chi connectivity index (χ3n) is 3.97. The van der Waals surface area contributed by atoms with Crippen molar-refractivity contribution in [2.45, 2.75) is 39.3 Å². The van der Waals surface area contributed by atoms with Crippen molar-refractivity contribution < 1.29 is 14.7 Å². The van der Waals surface area contributed by atoms with Gasteiger partial charge in [0.2, 0.25) is 0 Å². The molecule has 0 saturated carbocycles. The van der Waals surface area contributed by atoms with Gasteiger partial charge in [-0.3, -0.25) is 4.68 Å². The molecule has 1 aromatic heterocycles. The maximum absolute atomic E-state index is 12.3. The van der Waals surface area contributed by atoms with E-state index in [9.17, 15) is 14.7 Å². The van der Waals surface area contributed by atoms with Gasteiger partial charge in [0, 0.05) is 31.9 Å². The number of carboxylic acid groups (broad SMARTS) is 1. The standard InChI is InChI=1S/C14H22N4O3/c1-14(2)5-4-6-18(11(14)12(19)20)13(21)15-7-10-8-16-17(3)9-10/h8-9,11H,4-7H2,1-3H3,(H,15,21)(H,19,20). The number of likely N-dealkylation sites (tertiary alicyclic amines) is 1. The van der Waals surface area contributed by atoms with Crippen molar-refractivity contribution in [3.05, 3.63) is 18.0 Å². The number of carbonyl (C=O) groups excluding carboxylic acids is 1. The van der Waals surface area contributed by atoms with Crippen LogP contribution in [0, 0.1) is 5.41 Å². The summed E-state index contributed by atoms with van der Waals surface area (Å²) < 4.78 is 1.66. The highest BCUT2D eigenvalue weighted by molar-refractivity contribution is 5.83. The number of aryl methyl sites for hydroxylation is 1. The van der Waals surface area contributed by atoms with Crippen LogP contribution in [0.4, 0.5) is 4.79 Å². The highest BCUT2D eigenvalue weighted by atomic mass is 16.4. The molecule has 0 radical (unpaired) electrons. The van der Waals surface area contributed by atoms with Gasteiger partial charge in [0.25, 0.3) is 0 Å². The van der Waals surface area contributed by atoms with Crippen LogP contribution in [0.15, 0.2) is 12.4 Å². The Kier molecular flexibility index (Phi) is 4.20. The quantitative estimate of drug-likeness (QED) is 0.877. The Morgan fingerprint density at radius 1 is 1.52 bits per heavy atom. The van der Waals surface area contributed by atoms with Crippen LogP contribution in [0.2, 0.25) is 0 Å². The van der Waals surface area contributed by atoms with Crippen molar-refractivity contribution >= 4 is 12.0 Å². The molecule has 2 N–H and O–H groups in total. The van der Waals surface area contributed by atoms with Crippen molar-refractivity contribution in [3.8, 4) is 0 Å². The molecule has 1 aromatic rings. The third-order valence-corrected chi connectivity index (χ3v) is 3.97. The first-order valence-electron chi connectivity index (χ1n) is 7.06. The van der Waals surface area contributed by atoms with E-state index >= 15 is 0 Å². The fraction of sp³-hybridized carbons (Fsp3) is 0.643. The molecule has 1 saturated heterocycles. The first-order valence-corrected chi connectivity index (χ1v) is 7.06. The summed E-state index contributed by atoms with van der Waals surface area (Å²) in [5, 5.41) is 16.3. The molecule has 7 nitrogen and oxygen atoms in total. The summed E-state index contributed by atoms with van der Waals surface area (Å²) in [6.45, 7) is 4.61. The van der Waals surface area contributed by atoms with Gasteiger partial charge in [0.1, 0.15) is 6.04 Å². The summed E-state index contributed by atoms with van der Waals surface area (Å²) in [6.07, 6.45) is 5.11. The van der Waals surface area contributed by atoms with Gasteiger partial charge in [-0.05, 0) is 18.3 Å². The molecule has 1 aliphatic rings. The lowest BCUT2D eigenvalue weighted by Crippen LogP contribution is -2.58. The van der Waals surface area contributed by atoms with E-state index in [2.05, 4.69) is 10.4 Å². The number of carboxylic acids is 1. The maximum atomic E-state index is 12.3. The van der Waals surface area contributed by atoms with Crippen LogP contribution in [-0.4, -0.2) is 44.4 Å². The lowest BCUT2D eigenvalue weighted by atomic mass is 9.76. The third kappa shape index (κ3) is 3.34. The first-order chi connectivity index (χ1) is 9.81. The van der Waals surface area contributed by atoms with E-state index in [1.54, 1.807) is 17.9 Å². The number of hydrogen-bond donors (Lipinski definition) is 2. The number of rotatable bonds is 3. The van der Waals surface area contributed by atoms with Gasteiger partial charge in [0.15, 0.2) is 0 Å². The molecule has 0 bridgehead atoms. The van der Waals surface area contributed by atoms with Gasteiger partial charge in [0.05, 0.1) is 6.20 Å². The molecule has 7 heteroatoms. The molecule has 2 amide bonds. The Hall–Kier alpha value is -2.05. The van der Waals surface area contributed by atoms with Crippen LogP contribution < -0.4 is 5.32 Å². The fourth-order valence-corrected chi connectivity index (χ4v) is 2.92. The number of nitrogens with zero attached hydrogens (tertiary/aromatic N) is 3. The molecule has 0 aliphatic carbocycles. The smallest absolute Gasteiger partial charge is 0.327 e. The van der Waals surface area contributed by atoms with Crippen molar-refractivity contribution in [2.75, 3.05) is 6.54 Å². The summed E-state index contributed by atoms with van der Waals surface area (Å²) in [6, 6.07) is -1.13. The van der Waals surface area contributed by atoms with E-state index < -0.39 is 17.4 Å². The molecule has 1 atom stereocenters. The molecule has 1 aliphatic heterocycles. The Morgan fingerprint density at radius 3 is 2.81 bits per heavy atom. The molecular weight excluding hydrogens is 272 g/mol. The Labute approximate surface area is 123 Å². The molecular formula is C14H22N4O3. The minimum absolute atomic E-state index is 0.334. The second kappa shape index (κ2) is 5.75. The number of nitrogens with one attached hydrogen (secondary N) is 1. The SMILES string of the molecule is Cn1cc(CNC(=O)N2CCCC(C)(C)C2C(=O)O)cn1. The predicted molar refractivity (Wildman–Crippen MR) is 76.6 cm³/mol. The molecule has 2 rings (SSSR count). The van der Waals surface area contributed by atoms with E-state index in [0.717, 1.165) is 18.4 Å². The fourth-order valence-electron chi connectivity index (χ4n) is 2.92. The van der Waals surface area contributed by atoms with Crippen molar-refractivity contribution in [2.24, 2.45) is 12.5 Å². The Morgan fingerprint density at radius 2 is 2.24 bits per heavy atom. The monoisotopic (exact) mass is 294 g/mol. The predicted octanol–water partition coefficient (Wildman–Crippen LogP) is 1.20. The van der Waals surface area contributed by atoms with Crippen LogP contribution in [0.3, 0.4) is 0 Å². The molecule has 21 heavy (non-hydrogen) atoms. The minimum atomic E-state index is -0.948. The van der Waals surface area contributed by atoms with Gasteiger partial charge < -0.3 is 15.3 Å². The molecule has 1 unspecified atom stereocenters. The van der Waals surface area contributed by atoms with Gasteiger partial charge in [-0.25, -0.2) is 9.59 Å². The van der Waals surface area contributed by atoms with Crippen LogP contribution >= 0.6 is 0 Å². The van der Waals surface area contributed by atoms with Gasteiger partial charge >= 0.3 is 12.0 Å². The van der Waals surface area contributed by atoms with E-state index in [1.165, 1.54) is 4.90 Å². The maximum Gasteiger partial charge on any atom is 0.327 e. The van der Waals surface area contributed by atoms with E-state index in [0.29, 0.717) is 13.1 Å². The van der Waals surface area contributed by atoms with Gasteiger partial charge in [-0.1, -0.05) is 13.8 Å². The highest BCUT2D eigenvalue weighted by Gasteiger charge is 2.44. The van der Waals surface area contributed by atoms with Crippen LogP contribution in [-0.2, 0) is 18.4 Å². The van der Waals surface area contributed by atoms with Crippen molar-refractivity contribution in [1.29, 1.82) is 0 Å². The van der Waals surface area contributed by atoms with Crippen LogP contribution in [0.25, 0.3) is 0 Å². The zero-order valence-corrected chi connectivity index (χ0v) is 12.7. The number of aromatic nitrogens is 2. The van der Waals surface area contributed by atoms with Crippen LogP contribution in [0.5, 0.6) is 0 Å². The average Bonchev–Trinajstić information content (AvgIpc) is 2.79. The van der Waals surface area contributed by atoms with E-state index in [4.69, 9.17) is 0 Å². The van der Waals surface area contributed by atoms with E-state index in [1.807, 2.05) is 20.0 Å². The number of aliphatic carboxylic acids is 1. The number of piperidine rings is 1. The van der Waals surface area contributed by atoms with E-state index in [-0.39, 0.29) is 6.03 Å². The number of amides is 2. The molecule has 116 valence electrons. The van der Waals surface area contributed by atoms with Gasteiger partial charge in [-0.15, -0.1) is 0 Å². The second-order valence-electron chi connectivity index (χ2n) is 6.21. The van der Waals surface area contributed by atoms with Gasteiger partial charge in [-0.2, -0.15) is 5.10 Å². The Balaban J connectivity index is 2.04. The normalized spacial score (nSPS) is 21.1. The lowest BCUT2D eigenvalue weighted by molar-refractivity contribution is -0.148. The zero-order valence-electron chi connectivity index (χ0n) is 12.7. The highest BCUT2D eigenvalue weighted by Crippen LogP contribution is 2.35.